The monoisotopic (exact) mass is 1020 g/mol. The number of rotatable bonds is 16. The number of benzene rings is 7. The first-order valence-electron chi connectivity index (χ1n) is 26.3. The number of aryl methyl sites for hydroxylation is 1. The van der Waals surface area contributed by atoms with Crippen LogP contribution >= 0.6 is 47.0 Å². The van der Waals surface area contributed by atoms with E-state index >= 15 is 9.59 Å². The molecule has 1 fully saturated rings. The van der Waals surface area contributed by atoms with Gasteiger partial charge in [-0.25, -0.2) is 0 Å². The van der Waals surface area contributed by atoms with Gasteiger partial charge in [-0.15, -0.1) is 0 Å². The minimum Gasteiger partial charge on any atom is -0.288 e. The van der Waals surface area contributed by atoms with Gasteiger partial charge in [0.2, 0.25) is 0 Å². The minimum atomic E-state index is -0.111. The lowest BCUT2D eigenvalue weighted by Gasteiger charge is -2.29. The van der Waals surface area contributed by atoms with E-state index in [0.29, 0.717) is 28.2 Å². The van der Waals surface area contributed by atoms with Gasteiger partial charge < -0.3 is 0 Å². The molecule has 0 saturated heterocycles. The summed E-state index contributed by atoms with van der Waals surface area (Å²) in [6.45, 7) is 17.7. The van der Waals surface area contributed by atoms with E-state index in [-0.39, 0.29) is 22.4 Å². The van der Waals surface area contributed by atoms with Gasteiger partial charge in [0.1, 0.15) is 0 Å². The first-order chi connectivity index (χ1) is 34.6. The van der Waals surface area contributed by atoms with Gasteiger partial charge in [0.25, 0.3) is 0 Å². The van der Waals surface area contributed by atoms with Crippen LogP contribution in [0, 0.1) is 12.8 Å². The van der Waals surface area contributed by atoms with Crippen LogP contribution in [0.25, 0.3) is 11.1 Å². The molecule has 0 bridgehead atoms. The van der Waals surface area contributed by atoms with Crippen LogP contribution in [0.3, 0.4) is 0 Å². The molecule has 7 aromatic carbocycles. The van der Waals surface area contributed by atoms with E-state index in [2.05, 4.69) is 183 Å². The van der Waals surface area contributed by atoms with Gasteiger partial charge in [0, 0.05) is 61.4 Å². The molecule has 0 atom stereocenters. The van der Waals surface area contributed by atoms with Crippen molar-refractivity contribution in [1.29, 1.82) is 0 Å². The Morgan fingerprint density at radius 2 is 0.764 bits per heavy atom. The van der Waals surface area contributed by atoms with E-state index in [0.717, 1.165) is 45.1 Å². The number of fused-ring (bicyclic) bond motifs is 2. The normalized spacial score (nSPS) is 15.9. The van der Waals surface area contributed by atoms with Crippen LogP contribution in [-0.4, -0.2) is 11.6 Å². The zero-order valence-corrected chi connectivity index (χ0v) is 46.8. The third kappa shape index (κ3) is 12.3. The Hall–Kier alpha value is -4.72. The highest BCUT2D eigenvalue weighted by Gasteiger charge is 2.38. The number of carbonyl (C=O) groups excluding carboxylic acids is 2. The maximum atomic E-state index is 15.7. The highest BCUT2D eigenvalue weighted by Crippen LogP contribution is 2.49. The molecule has 6 heteroatoms. The molecule has 1 saturated carbocycles. The van der Waals surface area contributed by atoms with Crippen LogP contribution in [0.2, 0.25) is 0 Å². The molecule has 0 aromatic heterocycles. The van der Waals surface area contributed by atoms with Crippen molar-refractivity contribution in [3.05, 3.63) is 190 Å². The first kappa shape index (κ1) is 52.2. The Labute approximate surface area is 447 Å². The molecule has 2 aliphatic carbocycles. The van der Waals surface area contributed by atoms with Crippen LogP contribution in [0.4, 0.5) is 0 Å². The fraction of sp³-hybridized carbons (Fsp3) is 0.333. The van der Waals surface area contributed by atoms with Crippen molar-refractivity contribution in [2.75, 3.05) is 0 Å². The minimum absolute atomic E-state index is 0.0122. The average Bonchev–Trinajstić information content (AvgIpc) is 3.37. The predicted octanol–water partition coefficient (Wildman–Crippen LogP) is 20.3. The van der Waals surface area contributed by atoms with Crippen molar-refractivity contribution in [2.24, 2.45) is 5.92 Å². The summed E-state index contributed by atoms with van der Waals surface area (Å²) in [7, 11) is 0. The molecule has 7 aromatic rings. The van der Waals surface area contributed by atoms with Crippen LogP contribution < -0.4 is 0 Å². The van der Waals surface area contributed by atoms with Gasteiger partial charge in [-0.2, -0.15) is 0 Å². The number of hydrogen-bond donors (Lipinski definition) is 0. The van der Waals surface area contributed by atoms with Crippen molar-refractivity contribution < 1.29 is 9.59 Å². The molecule has 72 heavy (non-hydrogen) atoms. The van der Waals surface area contributed by atoms with Crippen LogP contribution in [0.1, 0.15) is 173 Å². The SMILES string of the molecule is CCCCCCCC1CCC(c2ccc(-c3ccc(Sc4ccc(Sc5ccc(C)cc5)c5c4C(=O)c4c(Sc6ccc(C(C)(C)C)cc6)ccc(Sc6ccc(C(C)(C)C)cc6)c4C5=O)cc3)cc2)CC1. The second-order valence-electron chi connectivity index (χ2n) is 22.1. The van der Waals surface area contributed by atoms with Crippen LogP contribution in [0.5, 0.6) is 0 Å². The number of hydrogen-bond acceptors (Lipinski definition) is 6. The summed E-state index contributed by atoms with van der Waals surface area (Å²) in [5, 5.41) is 0. The van der Waals surface area contributed by atoms with Crippen molar-refractivity contribution in [3.63, 3.8) is 0 Å². The highest BCUT2D eigenvalue weighted by molar-refractivity contribution is 8.00. The van der Waals surface area contributed by atoms with Crippen molar-refractivity contribution in [2.45, 2.75) is 176 Å². The number of unbranched alkanes of at least 4 members (excludes halogenated alkanes) is 4. The molecule has 2 aliphatic rings. The fourth-order valence-electron chi connectivity index (χ4n) is 10.3. The van der Waals surface area contributed by atoms with Gasteiger partial charge in [-0.3, -0.25) is 9.59 Å². The lowest BCUT2D eigenvalue weighted by Crippen LogP contribution is -2.24. The van der Waals surface area contributed by atoms with Gasteiger partial charge in [0.05, 0.1) is 0 Å². The molecule has 0 amide bonds. The zero-order valence-electron chi connectivity index (χ0n) is 43.5. The van der Waals surface area contributed by atoms with Crippen molar-refractivity contribution >= 4 is 58.6 Å². The maximum absolute atomic E-state index is 15.7. The molecule has 9 rings (SSSR count). The van der Waals surface area contributed by atoms with Gasteiger partial charge in [-0.1, -0.05) is 212 Å². The molecular formula is C66H70O2S4. The van der Waals surface area contributed by atoms with Gasteiger partial charge in [-0.05, 0) is 156 Å². The molecular weight excluding hydrogens is 953 g/mol. The molecule has 0 heterocycles. The van der Waals surface area contributed by atoms with E-state index < -0.39 is 0 Å². The number of ketones is 2. The Kier molecular flexibility index (Phi) is 16.5. The standard InChI is InChI=1S/C66H70O2S4/c1-9-10-11-12-13-14-44-17-19-45(20-18-44)46-21-23-47(24-22-46)48-25-33-52(34-26-48)70-56-40-39-55(69-51-31-15-43(2)16-32-51)59-60(56)64(68)62-58(72-54-37-29-50(30-38-54)66(6,7)8)42-41-57(61(62)63(59)67)71-53-35-27-49(28-36-53)65(3,4)5/h15-16,21-42,44-45H,9-14,17-20H2,1-8H3. The predicted molar refractivity (Wildman–Crippen MR) is 308 cm³/mol. The molecule has 370 valence electrons. The summed E-state index contributed by atoms with van der Waals surface area (Å²) in [6, 6.07) is 51.8. The second kappa shape index (κ2) is 22.8. The summed E-state index contributed by atoms with van der Waals surface area (Å²) >= 11 is 6.23. The summed E-state index contributed by atoms with van der Waals surface area (Å²) in [5.41, 5.74) is 9.47. The molecule has 0 N–H and O–H groups in total. The molecule has 0 unspecified atom stereocenters. The van der Waals surface area contributed by atoms with Crippen LogP contribution in [0.15, 0.2) is 185 Å². The molecule has 0 spiro atoms. The molecule has 0 aliphatic heterocycles. The van der Waals surface area contributed by atoms with Crippen molar-refractivity contribution in [1.82, 2.24) is 0 Å². The quantitative estimate of drug-likeness (QED) is 0.0897. The van der Waals surface area contributed by atoms with E-state index in [4.69, 9.17) is 0 Å². The zero-order chi connectivity index (χ0) is 50.6. The Bertz CT molecular complexity index is 3000. The Morgan fingerprint density at radius 1 is 0.417 bits per heavy atom. The third-order valence-electron chi connectivity index (χ3n) is 14.7. The largest absolute Gasteiger partial charge is 0.288 e. The average molecular weight is 1020 g/mol. The van der Waals surface area contributed by atoms with Gasteiger partial charge >= 0.3 is 0 Å². The Balaban J connectivity index is 1.03. The lowest BCUT2D eigenvalue weighted by atomic mass is 9.77. The molecule has 0 radical (unpaired) electrons. The molecule has 2 nitrogen and oxygen atoms in total. The summed E-state index contributed by atoms with van der Waals surface area (Å²) in [6.07, 6.45) is 13.6. The highest BCUT2D eigenvalue weighted by atomic mass is 32.2. The number of carbonyl (C=O) groups is 2. The fourth-order valence-corrected chi connectivity index (χ4v) is 14.1. The maximum Gasteiger partial charge on any atom is 0.196 e. The van der Waals surface area contributed by atoms with E-state index in [1.807, 2.05) is 18.2 Å². The lowest BCUT2D eigenvalue weighted by molar-refractivity contribution is 0.0970. The summed E-state index contributed by atoms with van der Waals surface area (Å²) in [5.74, 6) is 1.35. The summed E-state index contributed by atoms with van der Waals surface area (Å²) < 4.78 is 0. The third-order valence-corrected chi connectivity index (χ3v) is 18.9. The smallest absolute Gasteiger partial charge is 0.196 e. The van der Waals surface area contributed by atoms with E-state index in [1.165, 1.54) is 97.6 Å². The van der Waals surface area contributed by atoms with Gasteiger partial charge in [0.15, 0.2) is 11.6 Å². The second-order valence-corrected chi connectivity index (χ2v) is 26.6. The topological polar surface area (TPSA) is 34.1 Å². The van der Waals surface area contributed by atoms with E-state index in [1.54, 1.807) is 47.0 Å². The Morgan fingerprint density at radius 3 is 1.14 bits per heavy atom. The van der Waals surface area contributed by atoms with E-state index in [9.17, 15) is 0 Å². The first-order valence-corrected chi connectivity index (χ1v) is 29.5. The van der Waals surface area contributed by atoms with Crippen LogP contribution in [-0.2, 0) is 10.8 Å². The van der Waals surface area contributed by atoms with Crippen molar-refractivity contribution in [3.8, 4) is 11.1 Å². The summed E-state index contributed by atoms with van der Waals surface area (Å²) in [4.78, 5) is 38.7.